The predicted molar refractivity (Wildman–Crippen MR) is 123 cm³/mol. The molecule has 1 aliphatic carbocycles. The highest BCUT2D eigenvalue weighted by molar-refractivity contribution is 7.89. The van der Waals surface area contributed by atoms with Gasteiger partial charge in [0.2, 0.25) is 15.9 Å². The molecular weight excluding hydrogens is 428 g/mol. The quantitative estimate of drug-likeness (QED) is 0.632. The van der Waals surface area contributed by atoms with Crippen molar-refractivity contribution in [3.05, 3.63) is 59.2 Å². The second-order valence-electron chi connectivity index (χ2n) is 8.15. The Labute approximate surface area is 189 Å². The predicted octanol–water partition coefficient (Wildman–Crippen LogP) is 4.05. The first-order valence-corrected chi connectivity index (χ1v) is 12.2. The molecule has 172 valence electrons. The van der Waals surface area contributed by atoms with Crippen LogP contribution in [-0.2, 0) is 19.6 Å². The summed E-state index contributed by atoms with van der Waals surface area (Å²) in [4.78, 5) is 24.7. The summed E-state index contributed by atoms with van der Waals surface area (Å²) >= 11 is 0. The summed E-state index contributed by atoms with van der Waals surface area (Å²) in [6, 6.07) is 11.0. The molecule has 1 fully saturated rings. The molecule has 2 aromatic rings. The van der Waals surface area contributed by atoms with E-state index in [9.17, 15) is 18.0 Å². The van der Waals surface area contributed by atoms with Crippen molar-refractivity contribution < 1.29 is 22.7 Å². The first-order chi connectivity index (χ1) is 15.2. The number of anilines is 1. The van der Waals surface area contributed by atoms with Crippen molar-refractivity contribution in [1.29, 1.82) is 0 Å². The third-order valence-corrected chi connectivity index (χ3v) is 7.95. The number of hydrogen-bond donors (Lipinski definition) is 1. The largest absolute Gasteiger partial charge is 0.465 e. The van der Waals surface area contributed by atoms with Crippen molar-refractivity contribution in [2.45, 2.75) is 56.9 Å². The number of esters is 1. The number of methoxy groups -OCH3 is 1. The Kier molecular flexibility index (Phi) is 7.69. The topological polar surface area (TPSA) is 92.8 Å². The molecule has 0 saturated heterocycles. The molecule has 0 unspecified atom stereocenters. The summed E-state index contributed by atoms with van der Waals surface area (Å²) in [5, 5.41) is 2.87. The number of hydrogen-bond acceptors (Lipinski definition) is 5. The number of nitrogens with zero attached hydrogens (tertiary/aromatic N) is 1. The van der Waals surface area contributed by atoms with Crippen molar-refractivity contribution in [3.63, 3.8) is 0 Å². The molecule has 0 heterocycles. The van der Waals surface area contributed by atoms with Gasteiger partial charge in [-0.25, -0.2) is 13.2 Å². The monoisotopic (exact) mass is 458 g/mol. The van der Waals surface area contributed by atoms with Gasteiger partial charge < -0.3 is 10.1 Å². The Bertz CT molecular complexity index is 1070. The molecule has 7 nitrogen and oxygen atoms in total. The highest BCUT2D eigenvalue weighted by atomic mass is 32.2. The molecule has 0 bridgehead atoms. The van der Waals surface area contributed by atoms with Crippen LogP contribution in [0.2, 0.25) is 0 Å². The van der Waals surface area contributed by atoms with Crippen LogP contribution in [0, 0.1) is 13.8 Å². The van der Waals surface area contributed by atoms with E-state index in [4.69, 9.17) is 0 Å². The van der Waals surface area contributed by atoms with Crippen LogP contribution in [-0.4, -0.2) is 44.3 Å². The second kappa shape index (κ2) is 10.3. The number of amides is 1. The van der Waals surface area contributed by atoms with E-state index in [1.807, 2.05) is 32.0 Å². The number of carbonyl (C=O) groups excluding carboxylic acids is 2. The molecule has 8 heteroatoms. The lowest BCUT2D eigenvalue weighted by Gasteiger charge is -2.33. The van der Waals surface area contributed by atoms with Gasteiger partial charge in [-0.05, 0) is 68.1 Å². The van der Waals surface area contributed by atoms with Crippen LogP contribution in [0.4, 0.5) is 5.69 Å². The average molecular weight is 459 g/mol. The average Bonchev–Trinajstić information content (AvgIpc) is 2.80. The third-order valence-electron chi connectivity index (χ3n) is 6.04. The molecule has 3 rings (SSSR count). The number of benzene rings is 2. The van der Waals surface area contributed by atoms with Crippen LogP contribution in [0.25, 0.3) is 0 Å². The zero-order chi connectivity index (χ0) is 23.3. The summed E-state index contributed by atoms with van der Waals surface area (Å²) in [5.41, 5.74) is 2.94. The Morgan fingerprint density at radius 2 is 1.69 bits per heavy atom. The van der Waals surface area contributed by atoms with Crippen LogP contribution in [0.15, 0.2) is 47.4 Å². The minimum absolute atomic E-state index is 0.0512. The minimum Gasteiger partial charge on any atom is -0.465 e. The van der Waals surface area contributed by atoms with E-state index in [2.05, 4.69) is 10.1 Å². The van der Waals surface area contributed by atoms with Gasteiger partial charge in [-0.15, -0.1) is 0 Å². The van der Waals surface area contributed by atoms with Gasteiger partial charge in [-0.3, -0.25) is 4.79 Å². The first-order valence-electron chi connectivity index (χ1n) is 10.8. The number of ether oxygens (including phenoxy) is 1. The molecule has 0 spiro atoms. The Balaban J connectivity index is 1.87. The summed E-state index contributed by atoms with van der Waals surface area (Å²) in [7, 11) is -2.66. The van der Waals surface area contributed by atoms with Gasteiger partial charge in [-0.1, -0.05) is 31.4 Å². The van der Waals surface area contributed by atoms with Crippen molar-refractivity contribution in [2.24, 2.45) is 0 Å². The van der Waals surface area contributed by atoms with Gasteiger partial charge in [-0.2, -0.15) is 4.31 Å². The van der Waals surface area contributed by atoms with Crippen molar-refractivity contribution >= 4 is 27.6 Å². The van der Waals surface area contributed by atoms with Gasteiger partial charge in [0.15, 0.2) is 0 Å². The smallest absolute Gasteiger partial charge is 0.337 e. The van der Waals surface area contributed by atoms with Gasteiger partial charge in [0.05, 0.1) is 24.1 Å². The summed E-state index contributed by atoms with van der Waals surface area (Å²) in [5.74, 6) is -0.912. The number of rotatable bonds is 7. The number of sulfonamides is 1. The lowest BCUT2D eigenvalue weighted by Crippen LogP contribution is -2.45. The molecular formula is C24H30N2O5S. The zero-order valence-corrected chi connectivity index (χ0v) is 19.6. The van der Waals surface area contributed by atoms with Crippen molar-refractivity contribution in [1.82, 2.24) is 4.31 Å². The Morgan fingerprint density at radius 3 is 2.31 bits per heavy atom. The van der Waals surface area contributed by atoms with E-state index in [-0.39, 0.29) is 29.0 Å². The lowest BCUT2D eigenvalue weighted by molar-refractivity contribution is -0.116. The standard InChI is InChI=1S/C24H30N2O5S/c1-17-8-7-11-22(18(17)2)25-23(27)16-26(20-9-5-4-6-10-20)32(29,30)21-14-12-19(13-15-21)24(28)31-3/h7-8,11-15,20H,4-6,9-10,16H2,1-3H3,(H,25,27). The number of aryl methyl sites for hydroxylation is 1. The fraction of sp³-hybridized carbons (Fsp3) is 0.417. The molecule has 1 N–H and O–H groups in total. The van der Waals surface area contributed by atoms with E-state index >= 15 is 0 Å². The first kappa shape index (κ1) is 23.9. The summed E-state index contributed by atoms with van der Waals surface area (Å²) in [6.45, 7) is 3.62. The number of carbonyl (C=O) groups is 2. The Morgan fingerprint density at radius 1 is 1.03 bits per heavy atom. The van der Waals surface area contributed by atoms with Gasteiger partial charge >= 0.3 is 5.97 Å². The maximum atomic E-state index is 13.5. The summed E-state index contributed by atoms with van der Waals surface area (Å²) in [6.07, 6.45) is 4.35. The van der Waals surface area contributed by atoms with Crippen LogP contribution in [0.1, 0.15) is 53.6 Å². The van der Waals surface area contributed by atoms with E-state index < -0.39 is 16.0 Å². The van der Waals surface area contributed by atoms with Gasteiger partial charge in [0.25, 0.3) is 0 Å². The van der Waals surface area contributed by atoms with E-state index in [1.165, 1.54) is 35.7 Å². The maximum absolute atomic E-state index is 13.5. The maximum Gasteiger partial charge on any atom is 0.337 e. The molecule has 32 heavy (non-hydrogen) atoms. The van der Waals surface area contributed by atoms with Gasteiger partial charge in [0, 0.05) is 11.7 Å². The molecule has 0 aromatic heterocycles. The number of nitrogens with one attached hydrogen (secondary N) is 1. The highest BCUT2D eigenvalue weighted by Crippen LogP contribution is 2.28. The SMILES string of the molecule is COC(=O)c1ccc(S(=O)(=O)N(CC(=O)Nc2cccc(C)c2C)C2CCCCC2)cc1. The fourth-order valence-electron chi connectivity index (χ4n) is 4.01. The second-order valence-corrected chi connectivity index (χ2v) is 10.0. The Hall–Kier alpha value is -2.71. The van der Waals surface area contributed by atoms with Crippen molar-refractivity contribution in [2.75, 3.05) is 19.0 Å². The molecule has 0 aliphatic heterocycles. The normalized spacial score (nSPS) is 14.9. The molecule has 0 radical (unpaired) electrons. The molecule has 1 aliphatic rings. The van der Waals surface area contributed by atoms with Crippen LogP contribution < -0.4 is 5.32 Å². The van der Waals surface area contributed by atoms with E-state index in [0.29, 0.717) is 5.69 Å². The lowest BCUT2D eigenvalue weighted by atomic mass is 9.95. The van der Waals surface area contributed by atoms with Crippen LogP contribution in [0.3, 0.4) is 0 Å². The summed E-state index contributed by atoms with van der Waals surface area (Å²) < 4.78 is 33.0. The fourth-order valence-corrected chi connectivity index (χ4v) is 5.65. The minimum atomic E-state index is -3.94. The van der Waals surface area contributed by atoms with Crippen LogP contribution in [0.5, 0.6) is 0 Å². The molecule has 2 aromatic carbocycles. The zero-order valence-electron chi connectivity index (χ0n) is 18.8. The van der Waals surface area contributed by atoms with E-state index in [1.54, 1.807) is 0 Å². The molecule has 1 amide bonds. The van der Waals surface area contributed by atoms with Crippen LogP contribution >= 0.6 is 0 Å². The van der Waals surface area contributed by atoms with Crippen molar-refractivity contribution in [3.8, 4) is 0 Å². The van der Waals surface area contributed by atoms with Gasteiger partial charge in [0.1, 0.15) is 0 Å². The third kappa shape index (κ3) is 5.37. The molecule has 1 saturated carbocycles. The molecule has 0 atom stereocenters. The van der Waals surface area contributed by atoms with E-state index in [0.717, 1.165) is 43.2 Å². The highest BCUT2D eigenvalue weighted by Gasteiger charge is 2.34.